The van der Waals surface area contributed by atoms with Crippen LogP contribution in [0.3, 0.4) is 0 Å². The van der Waals surface area contributed by atoms with E-state index in [1.165, 1.54) is 11.1 Å². The Balaban J connectivity index is 1.63. The molecular formula is C22H18N4. The highest BCUT2D eigenvalue weighted by atomic mass is 15.2. The summed E-state index contributed by atoms with van der Waals surface area (Å²) in [6, 6.07) is 23.0. The summed E-state index contributed by atoms with van der Waals surface area (Å²) in [5.41, 5.74) is 6.83. The van der Waals surface area contributed by atoms with Crippen molar-refractivity contribution in [2.45, 2.75) is 13.3 Å². The van der Waals surface area contributed by atoms with Gasteiger partial charge in [-0.15, -0.1) is 0 Å². The van der Waals surface area contributed by atoms with Crippen molar-refractivity contribution in [1.82, 2.24) is 9.61 Å². The van der Waals surface area contributed by atoms with E-state index in [0.29, 0.717) is 5.56 Å². The fraction of sp³-hybridized carbons (Fsp3) is 0.0909. The summed E-state index contributed by atoms with van der Waals surface area (Å²) in [7, 11) is 0. The largest absolute Gasteiger partial charge is 0.353 e. The summed E-state index contributed by atoms with van der Waals surface area (Å²) in [4.78, 5) is 0. The van der Waals surface area contributed by atoms with Gasteiger partial charge >= 0.3 is 0 Å². The molecule has 4 nitrogen and oxygen atoms in total. The molecule has 0 saturated carbocycles. The summed E-state index contributed by atoms with van der Waals surface area (Å²) < 4.78 is 1.79. The first-order chi connectivity index (χ1) is 12.7. The van der Waals surface area contributed by atoms with Crippen LogP contribution in [0.25, 0.3) is 5.52 Å². The molecule has 0 aliphatic heterocycles. The number of nitriles is 1. The fourth-order valence-electron chi connectivity index (χ4n) is 3.13. The Morgan fingerprint density at radius 1 is 1.00 bits per heavy atom. The molecule has 2 aromatic carbocycles. The minimum Gasteiger partial charge on any atom is -0.353 e. The van der Waals surface area contributed by atoms with Gasteiger partial charge in [0.2, 0.25) is 0 Å². The lowest BCUT2D eigenvalue weighted by atomic mass is 10.0. The number of aryl methyl sites for hydroxylation is 1. The SMILES string of the molecule is Cc1ccn2ncc(C#N)c(Nc3ccc(Cc4ccccc4)cc3)c12. The first-order valence-corrected chi connectivity index (χ1v) is 8.51. The third-order valence-corrected chi connectivity index (χ3v) is 4.48. The molecule has 26 heavy (non-hydrogen) atoms. The lowest BCUT2D eigenvalue weighted by molar-refractivity contribution is 0.938. The second-order valence-corrected chi connectivity index (χ2v) is 6.32. The highest BCUT2D eigenvalue weighted by Gasteiger charge is 2.12. The maximum Gasteiger partial charge on any atom is 0.103 e. The second-order valence-electron chi connectivity index (χ2n) is 6.32. The van der Waals surface area contributed by atoms with Crippen LogP contribution in [0, 0.1) is 18.3 Å². The average Bonchev–Trinajstić information content (AvgIpc) is 3.06. The molecule has 0 amide bonds. The molecule has 0 radical (unpaired) electrons. The van der Waals surface area contributed by atoms with Crippen molar-refractivity contribution in [1.29, 1.82) is 5.26 Å². The van der Waals surface area contributed by atoms with E-state index in [1.54, 1.807) is 10.7 Å². The van der Waals surface area contributed by atoms with Crippen molar-refractivity contribution in [3.8, 4) is 6.07 Å². The van der Waals surface area contributed by atoms with Gasteiger partial charge in [-0.25, -0.2) is 4.52 Å². The van der Waals surface area contributed by atoms with Crippen LogP contribution in [0.15, 0.2) is 73.1 Å². The molecule has 2 aromatic heterocycles. The van der Waals surface area contributed by atoms with Crippen LogP contribution in [0.2, 0.25) is 0 Å². The van der Waals surface area contributed by atoms with E-state index in [4.69, 9.17) is 0 Å². The molecule has 2 heterocycles. The number of hydrogen-bond donors (Lipinski definition) is 1. The topological polar surface area (TPSA) is 53.1 Å². The van der Waals surface area contributed by atoms with Gasteiger partial charge in [0.05, 0.1) is 23.0 Å². The molecule has 0 fully saturated rings. The van der Waals surface area contributed by atoms with Gasteiger partial charge in [-0.3, -0.25) is 0 Å². The van der Waals surface area contributed by atoms with Crippen LogP contribution >= 0.6 is 0 Å². The number of hydrogen-bond acceptors (Lipinski definition) is 3. The number of benzene rings is 2. The van der Waals surface area contributed by atoms with E-state index < -0.39 is 0 Å². The zero-order chi connectivity index (χ0) is 17.9. The minimum atomic E-state index is 0.535. The van der Waals surface area contributed by atoms with Crippen LogP contribution in [-0.2, 0) is 6.42 Å². The molecule has 0 saturated heterocycles. The maximum absolute atomic E-state index is 9.45. The highest BCUT2D eigenvalue weighted by Crippen LogP contribution is 2.28. The van der Waals surface area contributed by atoms with Gasteiger partial charge in [-0.1, -0.05) is 42.5 Å². The quantitative estimate of drug-likeness (QED) is 0.579. The number of nitrogens with one attached hydrogen (secondary N) is 1. The van der Waals surface area contributed by atoms with Crippen LogP contribution < -0.4 is 5.32 Å². The molecule has 1 N–H and O–H groups in total. The molecule has 0 atom stereocenters. The van der Waals surface area contributed by atoms with Gasteiger partial charge in [0.1, 0.15) is 6.07 Å². The first kappa shape index (κ1) is 15.9. The molecule has 0 aliphatic carbocycles. The Hall–Kier alpha value is -3.58. The number of fused-ring (bicyclic) bond motifs is 1. The Kier molecular flexibility index (Phi) is 4.12. The molecule has 0 unspecified atom stereocenters. The standard InChI is InChI=1S/C22H18N4/c1-16-11-12-26-22(16)21(19(14-23)15-24-26)25-20-9-7-18(8-10-20)13-17-5-3-2-4-6-17/h2-12,15,25H,13H2,1H3. The molecule has 0 aliphatic rings. The van der Waals surface area contributed by atoms with Crippen molar-refractivity contribution in [3.05, 3.63) is 95.3 Å². The smallest absolute Gasteiger partial charge is 0.103 e. The molecule has 126 valence electrons. The molecule has 4 heteroatoms. The number of nitrogens with zero attached hydrogens (tertiary/aromatic N) is 3. The minimum absolute atomic E-state index is 0.535. The monoisotopic (exact) mass is 338 g/mol. The summed E-state index contributed by atoms with van der Waals surface area (Å²) in [6.45, 7) is 2.02. The van der Waals surface area contributed by atoms with E-state index in [9.17, 15) is 5.26 Å². The lowest BCUT2D eigenvalue weighted by Gasteiger charge is -2.12. The van der Waals surface area contributed by atoms with Gasteiger partial charge in [0.25, 0.3) is 0 Å². The third-order valence-electron chi connectivity index (χ3n) is 4.48. The van der Waals surface area contributed by atoms with E-state index in [0.717, 1.165) is 28.9 Å². The van der Waals surface area contributed by atoms with Crippen LogP contribution in [0.4, 0.5) is 11.4 Å². The van der Waals surface area contributed by atoms with Crippen molar-refractivity contribution in [3.63, 3.8) is 0 Å². The molecule has 4 aromatic rings. The first-order valence-electron chi connectivity index (χ1n) is 8.51. The third kappa shape index (κ3) is 3.03. The van der Waals surface area contributed by atoms with Crippen LogP contribution in [0.5, 0.6) is 0 Å². The zero-order valence-electron chi connectivity index (χ0n) is 14.5. The van der Waals surface area contributed by atoms with E-state index in [1.807, 2.05) is 25.3 Å². The van der Waals surface area contributed by atoms with Crippen molar-refractivity contribution >= 4 is 16.9 Å². The predicted octanol–water partition coefficient (Wildman–Crippen LogP) is 4.85. The van der Waals surface area contributed by atoms with Gasteiger partial charge in [0.15, 0.2) is 0 Å². The second kappa shape index (κ2) is 6.73. The average molecular weight is 338 g/mol. The Bertz CT molecular complexity index is 1090. The van der Waals surface area contributed by atoms with E-state index >= 15 is 0 Å². The summed E-state index contributed by atoms with van der Waals surface area (Å²) in [5, 5.41) is 17.1. The lowest BCUT2D eigenvalue weighted by Crippen LogP contribution is -2.01. The van der Waals surface area contributed by atoms with Crippen molar-refractivity contribution in [2.24, 2.45) is 0 Å². The molecule has 0 spiro atoms. The van der Waals surface area contributed by atoms with Crippen molar-refractivity contribution in [2.75, 3.05) is 5.32 Å². The Labute approximate surface area is 152 Å². The summed E-state index contributed by atoms with van der Waals surface area (Å²) >= 11 is 0. The summed E-state index contributed by atoms with van der Waals surface area (Å²) in [6.07, 6.45) is 4.40. The van der Waals surface area contributed by atoms with Crippen LogP contribution in [-0.4, -0.2) is 9.61 Å². The van der Waals surface area contributed by atoms with Gasteiger partial charge in [-0.2, -0.15) is 10.4 Å². The van der Waals surface area contributed by atoms with E-state index in [-0.39, 0.29) is 0 Å². The summed E-state index contributed by atoms with van der Waals surface area (Å²) in [5.74, 6) is 0. The maximum atomic E-state index is 9.45. The Morgan fingerprint density at radius 3 is 2.46 bits per heavy atom. The zero-order valence-corrected chi connectivity index (χ0v) is 14.5. The van der Waals surface area contributed by atoms with Gasteiger partial charge in [-0.05, 0) is 48.2 Å². The van der Waals surface area contributed by atoms with Gasteiger partial charge < -0.3 is 5.32 Å². The number of anilines is 2. The van der Waals surface area contributed by atoms with Crippen LogP contribution in [0.1, 0.15) is 22.3 Å². The van der Waals surface area contributed by atoms with Gasteiger partial charge in [0, 0.05) is 11.9 Å². The number of rotatable bonds is 4. The predicted molar refractivity (Wildman–Crippen MR) is 104 cm³/mol. The number of aromatic nitrogens is 2. The molecule has 4 rings (SSSR count). The van der Waals surface area contributed by atoms with E-state index in [2.05, 4.69) is 65.0 Å². The highest BCUT2D eigenvalue weighted by molar-refractivity contribution is 5.84. The molecule has 0 bridgehead atoms. The molecular weight excluding hydrogens is 320 g/mol. The normalized spacial score (nSPS) is 10.6. The fourth-order valence-corrected chi connectivity index (χ4v) is 3.13. The van der Waals surface area contributed by atoms with Crippen molar-refractivity contribution < 1.29 is 0 Å². The Morgan fingerprint density at radius 2 is 1.73 bits per heavy atom.